The molecule has 0 spiro atoms. The van der Waals surface area contributed by atoms with Crippen LogP contribution >= 0.6 is 12.4 Å². The molecule has 102 valence electrons. The van der Waals surface area contributed by atoms with Crippen molar-refractivity contribution >= 4 is 18.3 Å². The molecule has 17 heavy (non-hydrogen) atoms. The van der Waals surface area contributed by atoms with Crippen LogP contribution in [0.2, 0.25) is 0 Å². The summed E-state index contributed by atoms with van der Waals surface area (Å²) in [5, 5.41) is 0. The Hall–Kier alpha value is -0.360. The molecule has 0 aromatic heterocycles. The Morgan fingerprint density at radius 3 is 2.82 bits per heavy atom. The SMILES string of the molecule is COCCOCC(=O)N1CCCCC1CN.Cl. The minimum Gasteiger partial charge on any atom is -0.382 e. The highest BCUT2D eigenvalue weighted by molar-refractivity contribution is 5.85. The van der Waals surface area contributed by atoms with Crippen LogP contribution in [0.3, 0.4) is 0 Å². The van der Waals surface area contributed by atoms with Crippen LogP contribution < -0.4 is 5.73 Å². The zero-order chi connectivity index (χ0) is 11.8. The van der Waals surface area contributed by atoms with Gasteiger partial charge in [-0.3, -0.25) is 4.79 Å². The van der Waals surface area contributed by atoms with E-state index in [9.17, 15) is 4.79 Å². The van der Waals surface area contributed by atoms with Crippen molar-refractivity contribution in [1.29, 1.82) is 0 Å². The van der Waals surface area contributed by atoms with Gasteiger partial charge in [0, 0.05) is 26.2 Å². The standard InChI is InChI=1S/C11H22N2O3.ClH/c1-15-6-7-16-9-11(14)13-5-3-2-4-10(13)8-12;/h10H,2-9,12H2,1H3;1H. The van der Waals surface area contributed by atoms with Gasteiger partial charge in [-0.1, -0.05) is 0 Å². The van der Waals surface area contributed by atoms with Crippen molar-refractivity contribution in [3.05, 3.63) is 0 Å². The Labute approximate surface area is 109 Å². The molecule has 1 amide bonds. The summed E-state index contributed by atoms with van der Waals surface area (Å²) in [6.07, 6.45) is 3.25. The van der Waals surface area contributed by atoms with Crippen molar-refractivity contribution in [2.24, 2.45) is 5.73 Å². The molecule has 1 atom stereocenters. The van der Waals surface area contributed by atoms with Gasteiger partial charge in [0.1, 0.15) is 6.61 Å². The molecule has 0 radical (unpaired) electrons. The van der Waals surface area contributed by atoms with Gasteiger partial charge in [0.05, 0.1) is 13.2 Å². The molecule has 1 aliphatic rings. The molecular weight excluding hydrogens is 244 g/mol. The van der Waals surface area contributed by atoms with E-state index in [0.717, 1.165) is 25.8 Å². The molecule has 1 heterocycles. The van der Waals surface area contributed by atoms with Crippen molar-refractivity contribution in [2.75, 3.05) is 40.0 Å². The summed E-state index contributed by atoms with van der Waals surface area (Å²) in [4.78, 5) is 13.7. The molecular formula is C11H23ClN2O3. The summed E-state index contributed by atoms with van der Waals surface area (Å²) in [7, 11) is 1.61. The number of piperidine rings is 1. The van der Waals surface area contributed by atoms with Crippen LogP contribution in [-0.4, -0.2) is 56.9 Å². The van der Waals surface area contributed by atoms with Crippen LogP contribution in [0.15, 0.2) is 0 Å². The third-order valence-corrected chi connectivity index (χ3v) is 2.88. The maximum atomic E-state index is 11.8. The number of ether oxygens (including phenoxy) is 2. The fourth-order valence-corrected chi connectivity index (χ4v) is 1.96. The Morgan fingerprint density at radius 1 is 1.41 bits per heavy atom. The quantitative estimate of drug-likeness (QED) is 0.708. The number of hydrogen-bond donors (Lipinski definition) is 1. The second-order valence-corrected chi connectivity index (χ2v) is 4.02. The lowest BCUT2D eigenvalue weighted by molar-refractivity contribution is -0.140. The number of halogens is 1. The third-order valence-electron chi connectivity index (χ3n) is 2.88. The van der Waals surface area contributed by atoms with Crippen molar-refractivity contribution in [3.8, 4) is 0 Å². The predicted molar refractivity (Wildman–Crippen MR) is 68.3 cm³/mol. The minimum absolute atomic E-state index is 0. The highest BCUT2D eigenvalue weighted by Crippen LogP contribution is 2.16. The lowest BCUT2D eigenvalue weighted by Crippen LogP contribution is -2.48. The zero-order valence-corrected chi connectivity index (χ0v) is 11.2. The van der Waals surface area contributed by atoms with Gasteiger partial charge in [-0.05, 0) is 19.3 Å². The van der Waals surface area contributed by atoms with E-state index >= 15 is 0 Å². The Balaban J connectivity index is 0.00000256. The number of nitrogens with two attached hydrogens (primary N) is 1. The molecule has 1 saturated heterocycles. The first-order valence-corrected chi connectivity index (χ1v) is 5.85. The van der Waals surface area contributed by atoms with Crippen LogP contribution in [0.1, 0.15) is 19.3 Å². The Kier molecular flexibility index (Phi) is 9.44. The van der Waals surface area contributed by atoms with Crippen LogP contribution in [-0.2, 0) is 14.3 Å². The number of nitrogens with zero attached hydrogens (tertiary/aromatic N) is 1. The number of amides is 1. The second kappa shape index (κ2) is 9.65. The van der Waals surface area contributed by atoms with Gasteiger partial charge in [0.2, 0.25) is 5.91 Å². The number of carbonyl (C=O) groups is 1. The largest absolute Gasteiger partial charge is 0.382 e. The molecule has 1 unspecified atom stereocenters. The minimum atomic E-state index is 0. The topological polar surface area (TPSA) is 64.8 Å². The van der Waals surface area contributed by atoms with E-state index in [2.05, 4.69) is 0 Å². The second-order valence-electron chi connectivity index (χ2n) is 4.02. The van der Waals surface area contributed by atoms with Crippen LogP contribution in [0.5, 0.6) is 0 Å². The number of rotatable bonds is 6. The van der Waals surface area contributed by atoms with Gasteiger partial charge >= 0.3 is 0 Å². The normalized spacial score (nSPS) is 19.9. The van der Waals surface area contributed by atoms with Gasteiger partial charge < -0.3 is 20.1 Å². The maximum Gasteiger partial charge on any atom is 0.248 e. The predicted octanol–water partition coefficient (Wildman–Crippen LogP) is 0.411. The number of carbonyl (C=O) groups excluding carboxylic acids is 1. The van der Waals surface area contributed by atoms with Gasteiger partial charge in [0.15, 0.2) is 0 Å². The first-order valence-electron chi connectivity index (χ1n) is 5.85. The summed E-state index contributed by atoms with van der Waals surface area (Å²) < 4.78 is 10.1. The van der Waals surface area contributed by atoms with E-state index in [1.54, 1.807) is 7.11 Å². The lowest BCUT2D eigenvalue weighted by atomic mass is 10.0. The zero-order valence-electron chi connectivity index (χ0n) is 10.4. The number of methoxy groups -OCH3 is 1. The van der Waals surface area contributed by atoms with Crippen molar-refractivity contribution in [1.82, 2.24) is 4.90 Å². The van der Waals surface area contributed by atoms with E-state index < -0.39 is 0 Å². The van der Waals surface area contributed by atoms with E-state index in [0.29, 0.717) is 19.8 Å². The average molecular weight is 267 g/mol. The molecule has 5 nitrogen and oxygen atoms in total. The Bertz CT molecular complexity index is 217. The molecule has 6 heteroatoms. The molecule has 1 rings (SSSR count). The van der Waals surface area contributed by atoms with Crippen molar-refractivity contribution in [2.45, 2.75) is 25.3 Å². The molecule has 1 fully saturated rings. The molecule has 0 aromatic carbocycles. The van der Waals surface area contributed by atoms with Crippen LogP contribution in [0, 0.1) is 0 Å². The Morgan fingerprint density at radius 2 is 2.18 bits per heavy atom. The molecule has 0 aliphatic carbocycles. The van der Waals surface area contributed by atoms with E-state index in [4.69, 9.17) is 15.2 Å². The smallest absolute Gasteiger partial charge is 0.248 e. The molecule has 0 saturated carbocycles. The van der Waals surface area contributed by atoms with Gasteiger partial charge in [-0.25, -0.2) is 0 Å². The molecule has 0 aromatic rings. The van der Waals surface area contributed by atoms with E-state index in [-0.39, 0.29) is 31.0 Å². The highest BCUT2D eigenvalue weighted by Gasteiger charge is 2.25. The third kappa shape index (κ3) is 5.68. The first-order chi connectivity index (χ1) is 7.79. The van der Waals surface area contributed by atoms with E-state index in [1.807, 2.05) is 4.90 Å². The maximum absolute atomic E-state index is 11.8. The summed E-state index contributed by atoms with van der Waals surface area (Å²) >= 11 is 0. The van der Waals surface area contributed by atoms with Gasteiger partial charge in [-0.2, -0.15) is 0 Å². The number of hydrogen-bond acceptors (Lipinski definition) is 4. The van der Waals surface area contributed by atoms with Crippen molar-refractivity contribution in [3.63, 3.8) is 0 Å². The van der Waals surface area contributed by atoms with E-state index in [1.165, 1.54) is 0 Å². The average Bonchev–Trinajstić information content (AvgIpc) is 2.34. The highest BCUT2D eigenvalue weighted by atomic mass is 35.5. The lowest BCUT2D eigenvalue weighted by Gasteiger charge is -2.35. The summed E-state index contributed by atoms with van der Waals surface area (Å²) in [6.45, 7) is 2.48. The van der Waals surface area contributed by atoms with Crippen LogP contribution in [0.4, 0.5) is 0 Å². The van der Waals surface area contributed by atoms with Gasteiger partial charge in [-0.15, -0.1) is 12.4 Å². The van der Waals surface area contributed by atoms with Crippen molar-refractivity contribution < 1.29 is 14.3 Å². The molecule has 0 bridgehead atoms. The fourth-order valence-electron chi connectivity index (χ4n) is 1.96. The first kappa shape index (κ1) is 16.6. The number of likely N-dealkylation sites (tertiary alicyclic amines) is 1. The molecule has 1 aliphatic heterocycles. The summed E-state index contributed by atoms with van der Waals surface area (Å²) in [6, 6.07) is 0.201. The summed E-state index contributed by atoms with van der Waals surface area (Å²) in [5.41, 5.74) is 5.65. The van der Waals surface area contributed by atoms with Crippen LogP contribution in [0.25, 0.3) is 0 Å². The monoisotopic (exact) mass is 266 g/mol. The van der Waals surface area contributed by atoms with Gasteiger partial charge in [0.25, 0.3) is 0 Å². The summed E-state index contributed by atoms with van der Waals surface area (Å²) in [5.74, 6) is 0.0475. The molecule has 2 N–H and O–H groups in total. The fraction of sp³-hybridized carbons (Fsp3) is 0.909.